The summed E-state index contributed by atoms with van der Waals surface area (Å²) in [5, 5.41) is 0. The Morgan fingerprint density at radius 2 is 1.59 bits per heavy atom. The maximum atomic E-state index is 11.3. The molecule has 0 spiro atoms. The van der Waals surface area contributed by atoms with Gasteiger partial charge in [0.25, 0.3) is 0 Å². The number of rotatable bonds is 8. The van der Waals surface area contributed by atoms with Crippen molar-refractivity contribution >= 4 is 5.78 Å². The van der Waals surface area contributed by atoms with E-state index in [1.165, 1.54) is 0 Å². The van der Waals surface area contributed by atoms with Gasteiger partial charge in [0.2, 0.25) is 0 Å². The number of ether oxygens (including phenoxy) is 2. The van der Waals surface area contributed by atoms with E-state index in [0.29, 0.717) is 12.2 Å². The number of hydrogen-bond donors (Lipinski definition) is 0. The Morgan fingerprint density at radius 3 is 2.12 bits per heavy atom. The van der Waals surface area contributed by atoms with Crippen LogP contribution in [-0.4, -0.2) is 19.0 Å². The van der Waals surface area contributed by atoms with E-state index in [1.54, 1.807) is 0 Å². The predicted molar refractivity (Wildman–Crippen MR) is 67.6 cm³/mol. The summed E-state index contributed by atoms with van der Waals surface area (Å²) in [7, 11) is 0. The van der Waals surface area contributed by atoms with Crippen LogP contribution in [0.1, 0.15) is 33.1 Å². The molecule has 0 amide bonds. The first-order chi connectivity index (χ1) is 8.26. The minimum atomic E-state index is 0.138. The highest BCUT2D eigenvalue weighted by molar-refractivity contribution is 5.79. The lowest BCUT2D eigenvalue weighted by atomic mass is 10.2. The first-order valence-electron chi connectivity index (χ1n) is 6.13. The maximum Gasteiger partial charge on any atom is 0.170 e. The first-order valence-corrected chi connectivity index (χ1v) is 6.13. The van der Waals surface area contributed by atoms with Gasteiger partial charge in [-0.1, -0.05) is 13.8 Å². The number of carbonyl (C=O) groups is 1. The van der Waals surface area contributed by atoms with E-state index in [9.17, 15) is 4.79 Å². The zero-order chi connectivity index (χ0) is 12.5. The molecule has 0 radical (unpaired) electrons. The van der Waals surface area contributed by atoms with Gasteiger partial charge in [-0.3, -0.25) is 4.79 Å². The Bertz CT molecular complexity index is 330. The first kappa shape index (κ1) is 13.6. The van der Waals surface area contributed by atoms with E-state index in [-0.39, 0.29) is 12.4 Å². The number of hydrogen-bond acceptors (Lipinski definition) is 3. The number of Topliss-reactive ketones (excluding diaryl/α,β-unsaturated/α-hetero) is 1. The van der Waals surface area contributed by atoms with Crippen LogP contribution < -0.4 is 9.47 Å². The molecule has 0 fully saturated rings. The topological polar surface area (TPSA) is 35.5 Å². The van der Waals surface area contributed by atoms with Crippen molar-refractivity contribution in [2.75, 3.05) is 13.2 Å². The van der Waals surface area contributed by atoms with Crippen LogP contribution in [0, 0.1) is 0 Å². The molecule has 3 nitrogen and oxygen atoms in total. The fourth-order valence-corrected chi connectivity index (χ4v) is 1.37. The molecule has 0 aliphatic rings. The maximum absolute atomic E-state index is 11.3. The molecule has 0 atom stereocenters. The lowest BCUT2D eigenvalue weighted by Gasteiger charge is -2.07. The zero-order valence-electron chi connectivity index (χ0n) is 10.6. The molecule has 17 heavy (non-hydrogen) atoms. The summed E-state index contributed by atoms with van der Waals surface area (Å²) in [5.41, 5.74) is 0. The second-order valence-corrected chi connectivity index (χ2v) is 3.90. The van der Waals surface area contributed by atoms with Crippen molar-refractivity contribution in [3.8, 4) is 11.5 Å². The molecule has 0 bridgehead atoms. The SMILES string of the molecule is CCCOc1ccc(OCC(=O)CCC)cc1. The normalized spacial score (nSPS) is 10.0. The van der Waals surface area contributed by atoms with Gasteiger partial charge in [0.1, 0.15) is 18.1 Å². The second kappa shape index (κ2) is 7.71. The third kappa shape index (κ3) is 5.38. The van der Waals surface area contributed by atoms with Gasteiger partial charge in [-0.05, 0) is 37.1 Å². The molecule has 3 heteroatoms. The van der Waals surface area contributed by atoms with Gasteiger partial charge in [0, 0.05) is 6.42 Å². The van der Waals surface area contributed by atoms with Crippen molar-refractivity contribution in [2.45, 2.75) is 33.1 Å². The van der Waals surface area contributed by atoms with E-state index in [0.717, 1.165) is 25.2 Å². The molecule has 1 rings (SSSR count). The number of carbonyl (C=O) groups excluding carboxylic acids is 1. The van der Waals surface area contributed by atoms with Crippen LogP contribution in [0.3, 0.4) is 0 Å². The molecule has 0 saturated heterocycles. The molecule has 0 aromatic heterocycles. The van der Waals surface area contributed by atoms with E-state index in [1.807, 2.05) is 31.2 Å². The summed E-state index contributed by atoms with van der Waals surface area (Å²) >= 11 is 0. The van der Waals surface area contributed by atoms with Gasteiger partial charge in [0.05, 0.1) is 6.61 Å². The molecule has 0 unspecified atom stereocenters. The minimum Gasteiger partial charge on any atom is -0.494 e. The smallest absolute Gasteiger partial charge is 0.170 e. The third-order valence-corrected chi connectivity index (χ3v) is 2.23. The summed E-state index contributed by atoms with van der Waals surface area (Å²) < 4.78 is 10.8. The highest BCUT2D eigenvalue weighted by Crippen LogP contribution is 2.17. The standard InChI is InChI=1S/C14H20O3/c1-3-5-12(15)11-17-14-8-6-13(7-9-14)16-10-4-2/h6-9H,3-5,10-11H2,1-2H3. The molecule has 0 saturated carbocycles. The van der Waals surface area contributed by atoms with Crippen molar-refractivity contribution in [1.82, 2.24) is 0 Å². The van der Waals surface area contributed by atoms with E-state index >= 15 is 0 Å². The summed E-state index contributed by atoms with van der Waals surface area (Å²) in [6.07, 6.45) is 2.44. The van der Waals surface area contributed by atoms with Crippen LogP contribution in [0.25, 0.3) is 0 Å². The average Bonchev–Trinajstić information content (AvgIpc) is 2.35. The highest BCUT2D eigenvalue weighted by atomic mass is 16.5. The fourth-order valence-electron chi connectivity index (χ4n) is 1.37. The van der Waals surface area contributed by atoms with Crippen molar-refractivity contribution in [3.63, 3.8) is 0 Å². The van der Waals surface area contributed by atoms with Crippen LogP contribution in [0.4, 0.5) is 0 Å². The monoisotopic (exact) mass is 236 g/mol. The van der Waals surface area contributed by atoms with Crippen LogP contribution in [0.5, 0.6) is 11.5 Å². The summed E-state index contributed by atoms with van der Waals surface area (Å²) in [6, 6.07) is 7.36. The Balaban J connectivity index is 2.37. The van der Waals surface area contributed by atoms with Crippen LogP contribution in [-0.2, 0) is 4.79 Å². The van der Waals surface area contributed by atoms with Crippen molar-refractivity contribution < 1.29 is 14.3 Å². The molecular formula is C14H20O3. The van der Waals surface area contributed by atoms with E-state index in [4.69, 9.17) is 9.47 Å². The van der Waals surface area contributed by atoms with Gasteiger partial charge >= 0.3 is 0 Å². The molecule has 0 heterocycles. The lowest BCUT2D eigenvalue weighted by molar-refractivity contribution is -0.121. The van der Waals surface area contributed by atoms with Crippen LogP contribution in [0.2, 0.25) is 0 Å². The van der Waals surface area contributed by atoms with E-state index < -0.39 is 0 Å². The Morgan fingerprint density at radius 1 is 1.00 bits per heavy atom. The summed E-state index contributed by atoms with van der Waals surface area (Å²) in [5.74, 6) is 1.68. The molecule has 0 aliphatic carbocycles. The zero-order valence-corrected chi connectivity index (χ0v) is 10.6. The van der Waals surface area contributed by atoms with E-state index in [2.05, 4.69) is 6.92 Å². The van der Waals surface area contributed by atoms with Gasteiger partial charge in [-0.15, -0.1) is 0 Å². The van der Waals surface area contributed by atoms with Gasteiger partial charge < -0.3 is 9.47 Å². The molecule has 1 aromatic rings. The summed E-state index contributed by atoms with van der Waals surface area (Å²) in [6.45, 7) is 4.92. The van der Waals surface area contributed by atoms with Crippen molar-refractivity contribution in [3.05, 3.63) is 24.3 Å². The molecular weight excluding hydrogens is 216 g/mol. The Hall–Kier alpha value is -1.51. The Labute approximate surface area is 103 Å². The second-order valence-electron chi connectivity index (χ2n) is 3.90. The summed E-state index contributed by atoms with van der Waals surface area (Å²) in [4.78, 5) is 11.3. The molecule has 0 aliphatic heterocycles. The van der Waals surface area contributed by atoms with Crippen molar-refractivity contribution in [2.24, 2.45) is 0 Å². The minimum absolute atomic E-state index is 0.138. The van der Waals surface area contributed by atoms with Crippen LogP contribution in [0.15, 0.2) is 24.3 Å². The van der Waals surface area contributed by atoms with Gasteiger partial charge in [-0.2, -0.15) is 0 Å². The molecule has 94 valence electrons. The number of ketones is 1. The quantitative estimate of drug-likeness (QED) is 0.695. The average molecular weight is 236 g/mol. The lowest BCUT2D eigenvalue weighted by Crippen LogP contribution is -2.10. The van der Waals surface area contributed by atoms with Gasteiger partial charge in [0.15, 0.2) is 5.78 Å². The predicted octanol–water partition coefficient (Wildman–Crippen LogP) is 3.22. The molecule has 0 N–H and O–H groups in total. The number of benzene rings is 1. The molecule has 1 aromatic carbocycles. The van der Waals surface area contributed by atoms with Crippen LogP contribution >= 0.6 is 0 Å². The largest absolute Gasteiger partial charge is 0.494 e. The Kier molecular flexibility index (Phi) is 6.15. The van der Waals surface area contributed by atoms with Gasteiger partial charge in [-0.25, -0.2) is 0 Å². The fraction of sp³-hybridized carbons (Fsp3) is 0.500. The third-order valence-electron chi connectivity index (χ3n) is 2.23. The van der Waals surface area contributed by atoms with Crippen molar-refractivity contribution in [1.29, 1.82) is 0 Å². The highest BCUT2D eigenvalue weighted by Gasteiger charge is 2.01.